The van der Waals surface area contributed by atoms with Crippen LogP contribution in [0.15, 0.2) is 48.5 Å². The molecular formula is C16H21N3. The zero-order chi connectivity index (χ0) is 13.5. The third kappa shape index (κ3) is 4.47. The van der Waals surface area contributed by atoms with E-state index >= 15 is 0 Å². The summed E-state index contributed by atoms with van der Waals surface area (Å²) in [5, 5.41) is 0. The predicted molar refractivity (Wildman–Crippen MR) is 78.6 cm³/mol. The Balaban J connectivity index is 1.85. The minimum Gasteiger partial charge on any atom is -0.325 e. The molecule has 0 unspecified atom stereocenters. The molecule has 0 aliphatic carbocycles. The van der Waals surface area contributed by atoms with Gasteiger partial charge in [-0.15, -0.1) is 0 Å². The molecule has 3 heteroatoms. The standard InChI is InChI=1S/C16H21N3/c1-19(11-10-14-6-3-2-4-7-14)13-16-9-5-8-15(12-17)18-16/h2-9H,10-13,17H2,1H3. The van der Waals surface area contributed by atoms with Crippen molar-refractivity contribution in [3.05, 3.63) is 65.5 Å². The van der Waals surface area contributed by atoms with Gasteiger partial charge in [0.25, 0.3) is 0 Å². The maximum absolute atomic E-state index is 5.61. The first-order valence-electron chi connectivity index (χ1n) is 6.65. The maximum Gasteiger partial charge on any atom is 0.0547 e. The Labute approximate surface area is 115 Å². The molecule has 0 spiro atoms. The third-order valence-corrected chi connectivity index (χ3v) is 3.13. The van der Waals surface area contributed by atoms with Crippen molar-refractivity contribution in [3.63, 3.8) is 0 Å². The molecule has 0 bridgehead atoms. The van der Waals surface area contributed by atoms with E-state index in [1.54, 1.807) is 0 Å². The molecular weight excluding hydrogens is 234 g/mol. The fourth-order valence-corrected chi connectivity index (χ4v) is 2.05. The summed E-state index contributed by atoms with van der Waals surface area (Å²) >= 11 is 0. The Morgan fingerprint density at radius 2 is 1.74 bits per heavy atom. The highest BCUT2D eigenvalue weighted by molar-refractivity contribution is 5.15. The lowest BCUT2D eigenvalue weighted by molar-refractivity contribution is 0.327. The second kappa shape index (κ2) is 7.02. The van der Waals surface area contributed by atoms with Crippen LogP contribution in [0.3, 0.4) is 0 Å². The quantitative estimate of drug-likeness (QED) is 0.860. The molecule has 0 saturated carbocycles. The van der Waals surface area contributed by atoms with E-state index in [-0.39, 0.29) is 0 Å². The van der Waals surface area contributed by atoms with Gasteiger partial charge in [-0.1, -0.05) is 36.4 Å². The molecule has 0 radical (unpaired) electrons. The SMILES string of the molecule is CN(CCc1ccccc1)Cc1cccc(CN)n1. The Hall–Kier alpha value is -1.71. The lowest BCUT2D eigenvalue weighted by atomic mass is 10.1. The van der Waals surface area contributed by atoms with Crippen molar-refractivity contribution < 1.29 is 0 Å². The summed E-state index contributed by atoms with van der Waals surface area (Å²) in [6.45, 7) is 2.39. The number of nitrogens with zero attached hydrogens (tertiary/aromatic N) is 2. The number of pyridine rings is 1. The van der Waals surface area contributed by atoms with E-state index in [0.717, 1.165) is 30.9 Å². The van der Waals surface area contributed by atoms with Gasteiger partial charge in [0.1, 0.15) is 0 Å². The van der Waals surface area contributed by atoms with Gasteiger partial charge in [-0.25, -0.2) is 0 Å². The zero-order valence-electron chi connectivity index (χ0n) is 11.4. The largest absolute Gasteiger partial charge is 0.325 e. The van der Waals surface area contributed by atoms with E-state index in [4.69, 9.17) is 5.73 Å². The normalized spacial score (nSPS) is 10.9. The average molecular weight is 255 g/mol. The van der Waals surface area contributed by atoms with Crippen molar-refractivity contribution in [2.75, 3.05) is 13.6 Å². The second-order valence-electron chi connectivity index (χ2n) is 4.80. The lowest BCUT2D eigenvalue weighted by Gasteiger charge is -2.16. The fourth-order valence-electron chi connectivity index (χ4n) is 2.05. The maximum atomic E-state index is 5.61. The van der Waals surface area contributed by atoms with Crippen LogP contribution in [0.25, 0.3) is 0 Å². The molecule has 1 aromatic carbocycles. The molecule has 0 aliphatic rings. The Kier molecular flexibility index (Phi) is 5.07. The van der Waals surface area contributed by atoms with Crippen LogP contribution < -0.4 is 5.73 Å². The molecule has 0 aliphatic heterocycles. The Morgan fingerprint density at radius 1 is 1.00 bits per heavy atom. The molecule has 1 aromatic heterocycles. The fraction of sp³-hybridized carbons (Fsp3) is 0.312. The van der Waals surface area contributed by atoms with E-state index in [9.17, 15) is 0 Å². The molecule has 2 rings (SSSR count). The average Bonchev–Trinajstić information content (AvgIpc) is 2.46. The van der Waals surface area contributed by atoms with Gasteiger partial charge in [-0.2, -0.15) is 0 Å². The summed E-state index contributed by atoms with van der Waals surface area (Å²) in [5.41, 5.74) is 9.02. The van der Waals surface area contributed by atoms with Gasteiger partial charge in [-0.05, 0) is 31.2 Å². The minimum atomic E-state index is 0.502. The van der Waals surface area contributed by atoms with Crippen LogP contribution in [-0.4, -0.2) is 23.5 Å². The van der Waals surface area contributed by atoms with Gasteiger partial charge < -0.3 is 10.6 Å². The second-order valence-corrected chi connectivity index (χ2v) is 4.80. The van der Waals surface area contributed by atoms with E-state index in [2.05, 4.69) is 53.3 Å². The van der Waals surface area contributed by atoms with Crippen LogP contribution in [0, 0.1) is 0 Å². The summed E-state index contributed by atoms with van der Waals surface area (Å²) in [5.74, 6) is 0. The summed E-state index contributed by atoms with van der Waals surface area (Å²) in [4.78, 5) is 6.81. The van der Waals surface area contributed by atoms with Crippen molar-refractivity contribution >= 4 is 0 Å². The van der Waals surface area contributed by atoms with Gasteiger partial charge in [0.05, 0.1) is 11.4 Å². The minimum absolute atomic E-state index is 0.502. The predicted octanol–water partition coefficient (Wildman–Crippen LogP) is 2.21. The van der Waals surface area contributed by atoms with Crippen LogP contribution in [0.1, 0.15) is 17.0 Å². The van der Waals surface area contributed by atoms with Crippen molar-refractivity contribution in [1.29, 1.82) is 0 Å². The smallest absolute Gasteiger partial charge is 0.0547 e. The monoisotopic (exact) mass is 255 g/mol. The van der Waals surface area contributed by atoms with E-state index in [1.807, 2.05) is 12.1 Å². The van der Waals surface area contributed by atoms with Crippen molar-refractivity contribution in [2.45, 2.75) is 19.5 Å². The first kappa shape index (κ1) is 13.7. The summed E-state index contributed by atoms with van der Waals surface area (Å²) in [6, 6.07) is 16.6. The van der Waals surface area contributed by atoms with Gasteiger partial charge in [-0.3, -0.25) is 4.98 Å². The van der Waals surface area contributed by atoms with E-state index < -0.39 is 0 Å². The molecule has 0 saturated heterocycles. The number of rotatable bonds is 6. The molecule has 0 amide bonds. The van der Waals surface area contributed by atoms with Crippen LogP contribution >= 0.6 is 0 Å². The molecule has 3 nitrogen and oxygen atoms in total. The summed E-state index contributed by atoms with van der Waals surface area (Å²) in [6.07, 6.45) is 1.06. The van der Waals surface area contributed by atoms with Crippen molar-refractivity contribution in [3.8, 4) is 0 Å². The van der Waals surface area contributed by atoms with Gasteiger partial charge >= 0.3 is 0 Å². The van der Waals surface area contributed by atoms with E-state index in [1.165, 1.54) is 5.56 Å². The van der Waals surface area contributed by atoms with Crippen LogP contribution in [0.5, 0.6) is 0 Å². The highest BCUT2D eigenvalue weighted by Gasteiger charge is 2.03. The molecule has 100 valence electrons. The molecule has 1 heterocycles. The van der Waals surface area contributed by atoms with Crippen LogP contribution in [0.4, 0.5) is 0 Å². The number of likely N-dealkylation sites (N-methyl/N-ethyl adjacent to an activating group) is 1. The number of benzene rings is 1. The van der Waals surface area contributed by atoms with Crippen LogP contribution in [-0.2, 0) is 19.5 Å². The number of hydrogen-bond acceptors (Lipinski definition) is 3. The first-order chi connectivity index (χ1) is 9.28. The molecule has 19 heavy (non-hydrogen) atoms. The Bertz CT molecular complexity index is 496. The topological polar surface area (TPSA) is 42.1 Å². The molecule has 0 atom stereocenters. The Morgan fingerprint density at radius 3 is 2.47 bits per heavy atom. The van der Waals surface area contributed by atoms with Crippen LogP contribution in [0.2, 0.25) is 0 Å². The highest BCUT2D eigenvalue weighted by atomic mass is 15.1. The van der Waals surface area contributed by atoms with Gasteiger partial charge in [0.2, 0.25) is 0 Å². The molecule has 2 aromatic rings. The van der Waals surface area contributed by atoms with Crippen molar-refractivity contribution in [2.24, 2.45) is 5.73 Å². The third-order valence-electron chi connectivity index (χ3n) is 3.13. The van der Waals surface area contributed by atoms with E-state index in [0.29, 0.717) is 6.54 Å². The first-order valence-corrected chi connectivity index (χ1v) is 6.65. The molecule has 2 N–H and O–H groups in total. The number of hydrogen-bond donors (Lipinski definition) is 1. The van der Waals surface area contributed by atoms with Gasteiger partial charge in [0.15, 0.2) is 0 Å². The number of aromatic nitrogens is 1. The molecule has 0 fully saturated rings. The summed E-state index contributed by atoms with van der Waals surface area (Å²) < 4.78 is 0. The van der Waals surface area contributed by atoms with Crippen molar-refractivity contribution in [1.82, 2.24) is 9.88 Å². The zero-order valence-corrected chi connectivity index (χ0v) is 11.4. The highest BCUT2D eigenvalue weighted by Crippen LogP contribution is 2.05. The van der Waals surface area contributed by atoms with Gasteiger partial charge in [0, 0.05) is 19.6 Å². The number of nitrogens with two attached hydrogens (primary N) is 1. The lowest BCUT2D eigenvalue weighted by Crippen LogP contribution is -2.21. The summed E-state index contributed by atoms with van der Waals surface area (Å²) in [7, 11) is 2.12.